The van der Waals surface area contributed by atoms with Crippen molar-refractivity contribution in [2.45, 2.75) is 39.0 Å². The average Bonchev–Trinajstić information content (AvgIpc) is 2.50. The van der Waals surface area contributed by atoms with E-state index in [0.717, 1.165) is 51.4 Å². The lowest BCUT2D eigenvalue weighted by molar-refractivity contribution is 0.0124. The van der Waals surface area contributed by atoms with E-state index in [1.807, 2.05) is 7.05 Å². The maximum absolute atomic E-state index is 5.72. The van der Waals surface area contributed by atoms with Crippen molar-refractivity contribution in [2.75, 3.05) is 33.9 Å². The van der Waals surface area contributed by atoms with E-state index in [1.54, 1.807) is 7.11 Å². The lowest BCUT2D eigenvalue weighted by Gasteiger charge is -2.32. The first-order valence-corrected chi connectivity index (χ1v) is 7.91. The highest BCUT2D eigenvalue weighted by atomic mass is 16.5. The summed E-state index contributed by atoms with van der Waals surface area (Å²) in [6.45, 7) is 6.95. The van der Waals surface area contributed by atoms with Gasteiger partial charge in [0.05, 0.1) is 13.2 Å². The molecule has 0 bridgehead atoms. The van der Waals surface area contributed by atoms with Gasteiger partial charge < -0.3 is 14.8 Å². The van der Waals surface area contributed by atoms with Gasteiger partial charge in [-0.1, -0.05) is 6.07 Å². The quantitative estimate of drug-likeness (QED) is 0.837. The predicted molar refractivity (Wildman–Crippen MR) is 85.7 cm³/mol. The number of nitrogens with one attached hydrogen (secondary N) is 1. The maximum Gasteiger partial charge on any atom is 0.123 e. The molecule has 1 aromatic carbocycles. The summed E-state index contributed by atoms with van der Waals surface area (Å²) in [5.74, 6) is 0.988. The topological polar surface area (TPSA) is 33.7 Å². The summed E-state index contributed by atoms with van der Waals surface area (Å²) in [6.07, 6.45) is 2.71. The summed E-state index contributed by atoms with van der Waals surface area (Å²) in [4.78, 5) is 2.50. The zero-order chi connectivity index (χ0) is 15.1. The molecule has 0 spiro atoms. The fourth-order valence-electron chi connectivity index (χ4n) is 2.98. The summed E-state index contributed by atoms with van der Waals surface area (Å²) in [6, 6.07) is 6.46. The molecule has 21 heavy (non-hydrogen) atoms. The van der Waals surface area contributed by atoms with Crippen LogP contribution in [0.5, 0.6) is 5.75 Å². The SMILES string of the molecule is CCOC1CCN(Cc2cc(CNC)ccc2OC)CC1. The van der Waals surface area contributed by atoms with Crippen molar-refractivity contribution in [1.29, 1.82) is 0 Å². The van der Waals surface area contributed by atoms with Crippen LogP contribution < -0.4 is 10.1 Å². The Hall–Kier alpha value is -1.10. The number of nitrogens with zero attached hydrogens (tertiary/aromatic N) is 1. The molecule has 1 aliphatic rings. The fraction of sp³-hybridized carbons (Fsp3) is 0.647. The lowest BCUT2D eigenvalue weighted by atomic mass is 10.0. The van der Waals surface area contributed by atoms with Gasteiger partial charge in [0.25, 0.3) is 0 Å². The van der Waals surface area contributed by atoms with Crippen LogP contribution in [0, 0.1) is 0 Å². The van der Waals surface area contributed by atoms with Gasteiger partial charge in [0.1, 0.15) is 5.75 Å². The Bertz CT molecular complexity index is 429. The van der Waals surface area contributed by atoms with Gasteiger partial charge in [-0.05, 0) is 44.5 Å². The zero-order valence-electron chi connectivity index (χ0n) is 13.5. The molecule has 4 heteroatoms. The van der Waals surface area contributed by atoms with Crippen LogP contribution in [0.25, 0.3) is 0 Å². The van der Waals surface area contributed by atoms with Gasteiger partial charge in [-0.3, -0.25) is 4.90 Å². The van der Waals surface area contributed by atoms with Gasteiger partial charge in [-0.25, -0.2) is 0 Å². The van der Waals surface area contributed by atoms with Crippen molar-refractivity contribution >= 4 is 0 Å². The van der Waals surface area contributed by atoms with E-state index >= 15 is 0 Å². The predicted octanol–water partition coefficient (Wildman–Crippen LogP) is 2.42. The largest absolute Gasteiger partial charge is 0.496 e. The van der Waals surface area contributed by atoms with Crippen LogP contribution in [-0.2, 0) is 17.8 Å². The van der Waals surface area contributed by atoms with Gasteiger partial charge in [-0.2, -0.15) is 0 Å². The molecule has 0 amide bonds. The molecule has 0 unspecified atom stereocenters. The number of rotatable bonds is 7. The van der Waals surface area contributed by atoms with Crippen LogP contribution in [0.3, 0.4) is 0 Å². The second-order valence-electron chi connectivity index (χ2n) is 5.61. The van der Waals surface area contributed by atoms with Crippen LogP contribution >= 0.6 is 0 Å². The molecule has 2 rings (SSSR count). The molecule has 1 aromatic rings. The Morgan fingerprint density at radius 3 is 2.67 bits per heavy atom. The van der Waals surface area contributed by atoms with Gasteiger partial charge in [0, 0.05) is 38.3 Å². The summed E-state index contributed by atoms with van der Waals surface area (Å²) in [5, 5.41) is 3.20. The third-order valence-electron chi connectivity index (χ3n) is 4.06. The van der Waals surface area contributed by atoms with E-state index < -0.39 is 0 Å². The normalized spacial score (nSPS) is 17.1. The lowest BCUT2D eigenvalue weighted by Crippen LogP contribution is -2.36. The highest BCUT2D eigenvalue weighted by Gasteiger charge is 2.20. The number of likely N-dealkylation sites (tertiary alicyclic amines) is 1. The monoisotopic (exact) mass is 292 g/mol. The first kappa shape index (κ1) is 16.3. The van der Waals surface area contributed by atoms with Crippen LogP contribution in [-0.4, -0.2) is 44.9 Å². The van der Waals surface area contributed by atoms with E-state index in [9.17, 15) is 0 Å². The smallest absolute Gasteiger partial charge is 0.123 e. The van der Waals surface area contributed by atoms with Crippen molar-refractivity contribution in [3.05, 3.63) is 29.3 Å². The van der Waals surface area contributed by atoms with E-state index in [-0.39, 0.29) is 0 Å². The molecule has 118 valence electrons. The van der Waals surface area contributed by atoms with E-state index in [1.165, 1.54) is 11.1 Å². The van der Waals surface area contributed by atoms with Crippen molar-refractivity contribution in [1.82, 2.24) is 10.2 Å². The molecule has 0 radical (unpaired) electrons. The molecule has 4 nitrogen and oxygen atoms in total. The second-order valence-corrected chi connectivity index (χ2v) is 5.61. The minimum Gasteiger partial charge on any atom is -0.496 e. The van der Waals surface area contributed by atoms with Gasteiger partial charge >= 0.3 is 0 Å². The molecule has 1 aliphatic heterocycles. The molecular weight excluding hydrogens is 264 g/mol. The molecule has 1 saturated heterocycles. The van der Waals surface area contributed by atoms with Crippen molar-refractivity contribution in [3.63, 3.8) is 0 Å². The van der Waals surface area contributed by atoms with Crippen LogP contribution in [0.2, 0.25) is 0 Å². The Morgan fingerprint density at radius 1 is 1.29 bits per heavy atom. The molecule has 1 fully saturated rings. The number of piperidine rings is 1. The minimum absolute atomic E-state index is 0.448. The van der Waals surface area contributed by atoms with Crippen LogP contribution in [0.4, 0.5) is 0 Å². The highest BCUT2D eigenvalue weighted by Crippen LogP contribution is 2.24. The second kappa shape index (κ2) is 8.37. The van der Waals surface area contributed by atoms with E-state index in [2.05, 4.69) is 35.3 Å². The average molecular weight is 292 g/mol. The first-order valence-electron chi connectivity index (χ1n) is 7.91. The van der Waals surface area contributed by atoms with E-state index in [0.29, 0.717) is 6.10 Å². The first-order chi connectivity index (χ1) is 10.3. The van der Waals surface area contributed by atoms with Crippen LogP contribution in [0.1, 0.15) is 30.9 Å². The number of ether oxygens (including phenoxy) is 2. The fourth-order valence-corrected chi connectivity index (χ4v) is 2.98. The Morgan fingerprint density at radius 2 is 2.05 bits per heavy atom. The summed E-state index contributed by atoms with van der Waals surface area (Å²) < 4.78 is 11.2. The summed E-state index contributed by atoms with van der Waals surface area (Å²) in [5.41, 5.74) is 2.58. The molecular formula is C17H28N2O2. The van der Waals surface area contributed by atoms with Crippen molar-refractivity contribution < 1.29 is 9.47 Å². The molecule has 1 heterocycles. The molecule has 0 atom stereocenters. The third-order valence-corrected chi connectivity index (χ3v) is 4.06. The minimum atomic E-state index is 0.448. The number of benzene rings is 1. The Kier molecular flexibility index (Phi) is 6.49. The maximum atomic E-state index is 5.72. The van der Waals surface area contributed by atoms with Crippen molar-refractivity contribution in [2.24, 2.45) is 0 Å². The van der Waals surface area contributed by atoms with Crippen molar-refractivity contribution in [3.8, 4) is 5.75 Å². The number of hydrogen-bond acceptors (Lipinski definition) is 4. The summed E-state index contributed by atoms with van der Waals surface area (Å²) in [7, 11) is 3.72. The number of methoxy groups -OCH3 is 1. The molecule has 0 saturated carbocycles. The van der Waals surface area contributed by atoms with E-state index in [4.69, 9.17) is 9.47 Å². The Labute approximate surface area is 128 Å². The van der Waals surface area contributed by atoms with Gasteiger partial charge in [0.15, 0.2) is 0 Å². The highest BCUT2D eigenvalue weighted by molar-refractivity contribution is 5.37. The third kappa shape index (κ3) is 4.70. The number of hydrogen-bond donors (Lipinski definition) is 1. The van der Waals surface area contributed by atoms with Gasteiger partial charge in [-0.15, -0.1) is 0 Å². The molecule has 0 aliphatic carbocycles. The molecule has 0 aromatic heterocycles. The summed E-state index contributed by atoms with van der Waals surface area (Å²) >= 11 is 0. The standard InChI is InChI=1S/C17H28N2O2/c1-4-21-16-7-9-19(10-8-16)13-15-11-14(12-18-2)5-6-17(15)20-3/h5-6,11,16,18H,4,7-10,12-13H2,1-3H3. The van der Waals surface area contributed by atoms with Crippen LogP contribution in [0.15, 0.2) is 18.2 Å². The van der Waals surface area contributed by atoms with Gasteiger partial charge in [0.2, 0.25) is 0 Å². The molecule has 1 N–H and O–H groups in total. The Balaban J connectivity index is 1.97. The zero-order valence-corrected chi connectivity index (χ0v) is 13.5.